The molecule has 18 heteroatoms. The van der Waals surface area contributed by atoms with E-state index in [0.717, 1.165) is 30.1 Å². The molecule has 0 aliphatic rings. The summed E-state index contributed by atoms with van der Waals surface area (Å²) in [7, 11) is -0.872. The summed E-state index contributed by atoms with van der Waals surface area (Å²) in [6, 6.07) is 9.47. The van der Waals surface area contributed by atoms with Gasteiger partial charge in [0.25, 0.3) is 5.56 Å². The number of methoxy groups -OCH3 is 1. The molecule has 0 saturated carbocycles. The lowest BCUT2D eigenvalue weighted by molar-refractivity contribution is -0.122. The van der Waals surface area contributed by atoms with Crippen molar-refractivity contribution >= 4 is 55.3 Å². The third-order valence-corrected chi connectivity index (χ3v) is 8.83. The highest BCUT2D eigenvalue weighted by Crippen LogP contribution is 2.35. The van der Waals surface area contributed by atoms with E-state index in [-0.39, 0.29) is 74.6 Å². The Balaban J connectivity index is 1.60. The number of aryl methyl sites for hydroxylation is 1. The first kappa shape index (κ1) is 35.4. The van der Waals surface area contributed by atoms with E-state index in [0.29, 0.717) is 0 Å². The van der Waals surface area contributed by atoms with Crippen LogP contribution in [0.3, 0.4) is 0 Å². The number of nitrogens with zero attached hydrogens (tertiary/aromatic N) is 7. The number of ether oxygens (including phenoxy) is 1. The number of sulfonamides is 1. The Hall–Kier alpha value is -5.42. The number of pyridine rings is 1. The summed E-state index contributed by atoms with van der Waals surface area (Å²) in [5.74, 6) is -2.12. The standard InChI is InChI=1S/C33H32ClF2N9O5S/c1-17(2)23-10-11-44(40-23)16-26(46)37-24(14-18-12-19(35)15-20(36)13-18)32-39-30-21(6-9-27(38-30)50-4)33(47)45(32)25-8-7-22(34)28-29(25)43(3)41-31(28)42-51(5,48)49/h6-13,15,17,24H,14,16H2,1-5H3,(H,37,46)(H,41,42). The maximum absolute atomic E-state index is 14.6. The minimum atomic E-state index is -3.80. The maximum atomic E-state index is 14.6. The Bertz CT molecular complexity index is 2480. The van der Waals surface area contributed by atoms with Gasteiger partial charge in [0.05, 0.1) is 52.1 Å². The summed E-state index contributed by atoms with van der Waals surface area (Å²) in [5, 5.41) is 12.0. The highest BCUT2D eigenvalue weighted by atomic mass is 35.5. The van der Waals surface area contributed by atoms with E-state index in [1.165, 1.54) is 52.4 Å². The van der Waals surface area contributed by atoms with Crippen LogP contribution in [0.4, 0.5) is 14.6 Å². The van der Waals surface area contributed by atoms with E-state index in [2.05, 4.69) is 25.2 Å². The molecule has 2 aromatic carbocycles. The first-order valence-electron chi connectivity index (χ1n) is 15.5. The zero-order chi connectivity index (χ0) is 36.8. The second kappa shape index (κ2) is 13.7. The largest absolute Gasteiger partial charge is 0.481 e. The molecule has 0 saturated heterocycles. The molecule has 0 aliphatic heterocycles. The predicted octanol–water partition coefficient (Wildman–Crippen LogP) is 4.40. The summed E-state index contributed by atoms with van der Waals surface area (Å²) in [4.78, 5) is 37.3. The minimum Gasteiger partial charge on any atom is -0.481 e. The first-order chi connectivity index (χ1) is 24.1. The van der Waals surface area contributed by atoms with Gasteiger partial charge in [-0.3, -0.25) is 28.2 Å². The predicted molar refractivity (Wildman–Crippen MR) is 187 cm³/mol. The molecule has 2 N–H and O–H groups in total. The molecule has 0 spiro atoms. The van der Waals surface area contributed by atoms with Crippen molar-refractivity contribution in [1.82, 2.24) is 39.4 Å². The van der Waals surface area contributed by atoms with Crippen LogP contribution in [0.15, 0.2) is 59.5 Å². The molecule has 51 heavy (non-hydrogen) atoms. The average molecular weight is 740 g/mol. The van der Waals surface area contributed by atoms with Crippen molar-refractivity contribution in [2.75, 3.05) is 18.1 Å². The monoisotopic (exact) mass is 739 g/mol. The summed E-state index contributed by atoms with van der Waals surface area (Å²) >= 11 is 6.59. The average Bonchev–Trinajstić information content (AvgIpc) is 3.64. The normalized spacial score (nSPS) is 12.5. The molecule has 14 nitrogen and oxygen atoms in total. The van der Waals surface area contributed by atoms with Crippen molar-refractivity contribution in [1.29, 1.82) is 0 Å². The summed E-state index contributed by atoms with van der Waals surface area (Å²) in [5.41, 5.74) is 0.658. The topological polar surface area (TPSA) is 168 Å². The van der Waals surface area contributed by atoms with Crippen LogP contribution in [0, 0.1) is 11.6 Å². The molecule has 4 heterocycles. The van der Waals surface area contributed by atoms with Gasteiger partial charge in [0, 0.05) is 31.8 Å². The third kappa shape index (κ3) is 7.39. The fraction of sp³-hybridized carbons (Fsp3) is 0.273. The van der Waals surface area contributed by atoms with Crippen LogP contribution in [-0.2, 0) is 34.8 Å². The minimum absolute atomic E-state index is 0.0291. The van der Waals surface area contributed by atoms with Crippen LogP contribution >= 0.6 is 11.6 Å². The number of carbonyl (C=O) groups is 1. The Kier molecular flexibility index (Phi) is 9.52. The lowest BCUT2D eigenvalue weighted by atomic mass is 10.0. The quantitative estimate of drug-likeness (QED) is 0.196. The molecule has 0 aliphatic carbocycles. The number of fused-ring (bicyclic) bond motifs is 2. The van der Waals surface area contributed by atoms with E-state index in [4.69, 9.17) is 21.3 Å². The van der Waals surface area contributed by atoms with Gasteiger partial charge < -0.3 is 10.1 Å². The number of halogens is 3. The second-order valence-electron chi connectivity index (χ2n) is 12.2. The van der Waals surface area contributed by atoms with Gasteiger partial charge in [0.1, 0.15) is 24.0 Å². The Labute approximate surface area is 295 Å². The molecule has 1 amide bonds. The molecular formula is C33H32ClF2N9O5S. The van der Waals surface area contributed by atoms with Crippen molar-refractivity contribution in [2.45, 2.75) is 38.8 Å². The van der Waals surface area contributed by atoms with E-state index >= 15 is 0 Å². The van der Waals surface area contributed by atoms with Gasteiger partial charge >= 0.3 is 0 Å². The SMILES string of the molecule is COc1ccc2c(=O)n(-c3ccc(Cl)c4c(NS(C)(=O)=O)nn(C)c34)c(C(Cc3cc(F)cc(F)c3)NC(=O)Cn3ccc(C(C)C)n3)nc2n1. The van der Waals surface area contributed by atoms with E-state index in [1.807, 2.05) is 13.8 Å². The summed E-state index contributed by atoms with van der Waals surface area (Å²) < 4.78 is 65.0. The summed E-state index contributed by atoms with van der Waals surface area (Å²) in [6.45, 7) is 3.70. The molecule has 4 aromatic heterocycles. The van der Waals surface area contributed by atoms with Crippen molar-refractivity contribution in [3.63, 3.8) is 0 Å². The van der Waals surface area contributed by atoms with E-state index in [1.54, 1.807) is 12.3 Å². The molecule has 0 radical (unpaired) electrons. The van der Waals surface area contributed by atoms with Crippen molar-refractivity contribution < 1.29 is 26.7 Å². The molecule has 1 atom stereocenters. The van der Waals surface area contributed by atoms with Crippen LogP contribution in [-0.4, -0.2) is 61.8 Å². The number of amides is 1. The Morgan fingerprint density at radius 2 is 1.76 bits per heavy atom. The molecule has 6 rings (SSSR count). The third-order valence-electron chi connectivity index (χ3n) is 7.95. The number of aromatic nitrogens is 7. The van der Waals surface area contributed by atoms with Gasteiger partial charge in [0.2, 0.25) is 21.8 Å². The van der Waals surface area contributed by atoms with E-state index < -0.39 is 39.2 Å². The lowest BCUT2D eigenvalue weighted by Crippen LogP contribution is -2.37. The van der Waals surface area contributed by atoms with E-state index in [9.17, 15) is 26.8 Å². The Morgan fingerprint density at radius 1 is 1.04 bits per heavy atom. The number of rotatable bonds is 11. The zero-order valence-electron chi connectivity index (χ0n) is 28.0. The van der Waals surface area contributed by atoms with Gasteiger partial charge in [-0.15, -0.1) is 0 Å². The fourth-order valence-electron chi connectivity index (χ4n) is 5.76. The molecule has 0 fully saturated rings. The molecule has 6 aromatic rings. The molecule has 266 valence electrons. The van der Waals surface area contributed by atoms with Gasteiger partial charge in [-0.05, 0) is 47.9 Å². The summed E-state index contributed by atoms with van der Waals surface area (Å²) in [6.07, 6.45) is 2.39. The molecular weight excluding hydrogens is 708 g/mol. The number of hydrogen-bond donors (Lipinski definition) is 2. The van der Waals surface area contributed by atoms with Crippen LogP contribution in [0.5, 0.6) is 5.88 Å². The van der Waals surface area contributed by atoms with Gasteiger partial charge in [-0.2, -0.15) is 15.2 Å². The zero-order valence-corrected chi connectivity index (χ0v) is 29.6. The number of nitrogens with one attached hydrogen (secondary N) is 2. The number of hydrogen-bond acceptors (Lipinski definition) is 9. The van der Waals surface area contributed by atoms with Crippen LogP contribution in [0.25, 0.3) is 27.6 Å². The van der Waals surface area contributed by atoms with Crippen molar-refractivity contribution in [3.8, 4) is 11.6 Å². The molecule has 0 bridgehead atoms. The number of carbonyl (C=O) groups excluding carboxylic acids is 1. The van der Waals surface area contributed by atoms with Crippen LogP contribution < -0.4 is 20.3 Å². The van der Waals surface area contributed by atoms with Crippen molar-refractivity contribution in [3.05, 3.63) is 98.8 Å². The number of benzene rings is 2. The van der Waals surface area contributed by atoms with Gasteiger partial charge in [-0.25, -0.2) is 22.2 Å². The van der Waals surface area contributed by atoms with Gasteiger partial charge in [-0.1, -0.05) is 25.4 Å². The van der Waals surface area contributed by atoms with Crippen LogP contribution in [0.1, 0.15) is 42.9 Å². The highest BCUT2D eigenvalue weighted by Gasteiger charge is 2.28. The van der Waals surface area contributed by atoms with Crippen LogP contribution in [0.2, 0.25) is 5.02 Å². The molecule has 1 unspecified atom stereocenters. The maximum Gasteiger partial charge on any atom is 0.267 e. The first-order valence-corrected chi connectivity index (χ1v) is 17.8. The lowest BCUT2D eigenvalue weighted by Gasteiger charge is -2.23. The highest BCUT2D eigenvalue weighted by molar-refractivity contribution is 7.92. The van der Waals surface area contributed by atoms with Crippen molar-refractivity contribution in [2.24, 2.45) is 7.05 Å². The second-order valence-corrected chi connectivity index (χ2v) is 14.3. The smallest absolute Gasteiger partial charge is 0.267 e. The fourth-order valence-corrected chi connectivity index (χ4v) is 6.50. The Morgan fingerprint density at radius 3 is 2.41 bits per heavy atom. The van der Waals surface area contributed by atoms with Gasteiger partial charge in [0.15, 0.2) is 11.5 Å². The number of anilines is 1.